The van der Waals surface area contributed by atoms with Crippen molar-refractivity contribution in [1.29, 1.82) is 0 Å². The second kappa shape index (κ2) is 10.3. The van der Waals surface area contributed by atoms with E-state index >= 15 is 0 Å². The van der Waals surface area contributed by atoms with Crippen LogP contribution in [0, 0.1) is 0 Å². The van der Waals surface area contributed by atoms with Gasteiger partial charge >= 0.3 is 0 Å². The van der Waals surface area contributed by atoms with E-state index in [0.29, 0.717) is 44.9 Å². The standard InChI is InChI=1S/C30H51BrO7/c1-19(9-10-22(32)27(6)16-13-23(36-27)25(2,3)33)20-11-18-30(35-20)29(8,34)17-14-24(37-30)28(7)15-12-21(31)26(4,5)38-28/h20-24,32-34H,1,9-18H2,2-8H3/t20-,21-,22-,23-,24-,27+,28+,29+,30+/m1/s1. The summed E-state index contributed by atoms with van der Waals surface area (Å²) in [5.41, 5.74) is -2.63. The van der Waals surface area contributed by atoms with E-state index in [1.165, 1.54) is 0 Å². The first-order valence-corrected chi connectivity index (χ1v) is 15.4. The van der Waals surface area contributed by atoms with Gasteiger partial charge in [0.1, 0.15) is 5.60 Å². The average Bonchev–Trinajstić information content (AvgIpc) is 3.42. The van der Waals surface area contributed by atoms with Gasteiger partial charge in [0, 0.05) is 11.2 Å². The molecule has 0 aliphatic carbocycles. The van der Waals surface area contributed by atoms with Gasteiger partial charge in [-0.05, 0) is 112 Å². The molecule has 38 heavy (non-hydrogen) atoms. The van der Waals surface area contributed by atoms with E-state index in [1.54, 1.807) is 13.8 Å². The minimum atomic E-state index is -1.12. The van der Waals surface area contributed by atoms with Crippen molar-refractivity contribution in [2.24, 2.45) is 0 Å². The fourth-order valence-corrected chi connectivity index (χ4v) is 7.30. The molecule has 0 aromatic carbocycles. The van der Waals surface area contributed by atoms with Crippen molar-refractivity contribution in [1.82, 2.24) is 0 Å². The number of ether oxygens (including phenoxy) is 4. The van der Waals surface area contributed by atoms with Crippen molar-refractivity contribution in [3.8, 4) is 0 Å². The van der Waals surface area contributed by atoms with Gasteiger partial charge in [0.15, 0.2) is 5.79 Å². The molecule has 220 valence electrons. The lowest BCUT2D eigenvalue weighted by Gasteiger charge is -2.55. The highest BCUT2D eigenvalue weighted by molar-refractivity contribution is 9.09. The smallest absolute Gasteiger partial charge is 0.198 e. The molecule has 0 aromatic heterocycles. The minimum absolute atomic E-state index is 0.181. The highest BCUT2D eigenvalue weighted by Gasteiger charge is 2.61. The molecule has 7 nitrogen and oxygen atoms in total. The van der Waals surface area contributed by atoms with Gasteiger partial charge in [-0.2, -0.15) is 0 Å². The topological polar surface area (TPSA) is 97.6 Å². The van der Waals surface area contributed by atoms with Gasteiger partial charge < -0.3 is 34.3 Å². The van der Waals surface area contributed by atoms with Crippen molar-refractivity contribution < 1.29 is 34.3 Å². The maximum Gasteiger partial charge on any atom is 0.198 e. The third-order valence-corrected chi connectivity index (χ3v) is 11.5. The van der Waals surface area contributed by atoms with Gasteiger partial charge in [-0.1, -0.05) is 22.5 Å². The number of hydrogen-bond acceptors (Lipinski definition) is 7. The first-order chi connectivity index (χ1) is 17.3. The molecule has 0 saturated carbocycles. The summed E-state index contributed by atoms with van der Waals surface area (Å²) in [6.45, 7) is 17.9. The zero-order chi connectivity index (χ0) is 28.4. The minimum Gasteiger partial charge on any atom is -0.390 e. The molecule has 0 aromatic rings. The number of aliphatic hydroxyl groups is 3. The lowest BCUT2D eigenvalue weighted by molar-refractivity contribution is -0.370. The van der Waals surface area contributed by atoms with Crippen LogP contribution in [-0.4, -0.2) is 78.4 Å². The van der Waals surface area contributed by atoms with Crippen LogP contribution in [0.15, 0.2) is 12.2 Å². The Labute approximate surface area is 237 Å². The number of halogens is 1. The number of alkyl halides is 1. The highest BCUT2D eigenvalue weighted by atomic mass is 79.9. The molecule has 0 unspecified atom stereocenters. The Kier molecular flexibility index (Phi) is 8.40. The molecule has 0 bridgehead atoms. The van der Waals surface area contributed by atoms with Crippen molar-refractivity contribution in [3.05, 3.63) is 12.2 Å². The Morgan fingerprint density at radius 3 is 2.26 bits per heavy atom. The third kappa shape index (κ3) is 5.80. The Morgan fingerprint density at radius 1 is 0.974 bits per heavy atom. The maximum atomic E-state index is 11.5. The van der Waals surface area contributed by atoms with Crippen LogP contribution < -0.4 is 0 Å². The normalized spacial score (nSPS) is 46.4. The van der Waals surface area contributed by atoms with Gasteiger partial charge in [0.25, 0.3) is 0 Å². The van der Waals surface area contributed by atoms with Crippen LogP contribution in [0.1, 0.15) is 113 Å². The lowest BCUT2D eigenvalue weighted by Crippen LogP contribution is -2.65. The summed E-state index contributed by atoms with van der Waals surface area (Å²) < 4.78 is 26.0. The van der Waals surface area contributed by atoms with Crippen molar-refractivity contribution in [2.45, 2.75) is 176 Å². The summed E-state index contributed by atoms with van der Waals surface area (Å²) in [5.74, 6) is -1.11. The molecular weight excluding hydrogens is 552 g/mol. The number of hydrogen-bond donors (Lipinski definition) is 3. The first-order valence-electron chi connectivity index (χ1n) is 14.5. The predicted molar refractivity (Wildman–Crippen MR) is 150 cm³/mol. The van der Waals surface area contributed by atoms with E-state index in [4.69, 9.17) is 18.9 Å². The lowest BCUT2D eigenvalue weighted by atomic mass is 9.77. The zero-order valence-corrected chi connectivity index (χ0v) is 26.1. The first kappa shape index (κ1) is 30.9. The number of rotatable bonds is 7. The van der Waals surface area contributed by atoms with E-state index in [9.17, 15) is 15.3 Å². The van der Waals surface area contributed by atoms with Crippen LogP contribution in [0.5, 0.6) is 0 Å². The van der Waals surface area contributed by atoms with Crippen molar-refractivity contribution in [3.63, 3.8) is 0 Å². The molecule has 4 rings (SSSR count). The fraction of sp³-hybridized carbons (Fsp3) is 0.933. The molecule has 0 amide bonds. The quantitative estimate of drug-likeness (QED) is 0.268. The maximum absolute atomic E-state index is 11.5. The molecule has 4 fully saturated rings. The van der Waals surface area contributed by atoms with E-state index in [2.05, 4.69) is 43.3 Å². The van der Waals surface area contributed by atoms with E-state index in [1.807, 2.05) is 13.8 Å². The Morgan fingerprint density at radius 2 is 1.66 bits per heavy atom. The van der Waals surface area contributed by atoms with Crippen molar-refractivity contribution in [2.75, 3.05) is 0 Å². The van der Waals surface area contributed by atoms with Crippen LogP contribution in [0.4, 0.5) is 0 Å². The SMILES string of the molecule is C=C(CC[C@@H](O)[C@]1(C)CC[C@H](C(C)(C)O)O1)[C@H]1CC[C@]2(O1)O[C@@H]([C@]1(C)CC[C@@H](Br)C(C)(C)O1)CC[C@]2(C)O. The van der Waals surface area contributed by atoms with Gasteiger partial charge in [-0.3, -0.25) is 0 Å². The van der Waals surface area contributed by atoms with E-state index in [-0.39, 0.29) is 28.7 Å². The summed E-state index contributed by atoms with van der Waals surface area (Å²) >= 11 is 3.77. The number of aliphatic hydroxyl groups excluding tert-OH is 1. The van der Waals surface area contributed by atoms with Crippen LogP contribution in [0.3, 0.4) is 0 Å². The largest absolute Gasteiger partial charge is 0.390 e. The average molecular weight is 604 g/mol. The Balaban J connectivity index is 1.37. The molecule has 4 heterocycles. The zero-order valence-electron chi connectivity index (χ0n) is 24.5. The molecule has 4 aliphatic rings. The second-order valence-electron chi connectivity index (χ2n) is 14.2. The van der Waals surface area contributed by atoms with Crippen LogP contribution in [0.25, 0.3) is 0 Å². The Bertz CT molecular complexity index is 884. The molecule has 4 aliphatic heterocycles. The van der Waals surface area contributed by atoms with E-state index < -0.39 is 34.3 Å². The van der Waals surface area contributed by atoms with Gasteiger partial charge in [0.05, 0.1) is 46.8 Å². The summed E-state index contributed by atoms with van der Waals surface area (Å²) in [6, 6.07) is 0. The van der Waals surface area contributed by atoms with Gasteiger partial charge in [0.2, 0.25) is 0 Å². The summed E-state index contributed by atoms with van der Waals surface area (Å²) in [6.07, 6.45) is 5.54. The van der Waals surface area contributed by atoms with Gasteiger partial charge in [-0.25, -0.2) is 0 Å². The Hall–Kier alpha value is -0.0600. The van der Waals surface area contributed by atoms with Crippen LogP contribution >= 0.6 is 15.9 Å². The monoisotopic (exact) mass is 602 g/mol. The molecule has 4 saturated heterocycles. The van der Waals surface area contributed by atoms with Gasteiger partial charge in [-0.15, -0.1) is 0 Å². The molecule has 9 atom stereocenters. The van der Waals surface area contributed by atoms with Crippen LogP contribution in [0.2, 0.25) is 0 Å². The fourth-order valence-electron chi connectivity index (χ4n) is 6.98. The molecule has 1 spiro atoms. The molecule has 3 N–H and O–H groups in total. The molecular formula is C30H51BrO7. The summed E-state index contributed by atoms with van der Waals surface area (Å²) in [7, 11) is 0. The second-order valence-corrected chi connectivity index (χ2v) is 15.3. The highest BCUT2D eigenvalue weighted by Crippen LogP contribution is 2.52. The summed E-state index contributed by atoms with van der Waals surface area (Å²) in [4.78, 5) is 0.285. The summed E-state index contributed by atoms with van der Waals surface area (Å²) in [5, 5.41) is 32.8. The predicted octanol–water partition coefficient (Wildman–Crippen LogP) is 5.31. The van der Waals surface area contributed by atoms with Crippen molar-refractivity contribution >= 4 is 15.9 Å². The molecule has 0 radical (unpaired) electrons. The third-order valence-electron chi connectivity index (χ3n) is 9.94. The molecule has 8 heteroatoms. The van der Waals surface area contributed by atoms with E-state index in [0.717, 1.165) is 24.8 Å². The van der Waals surface area contributed by atoms with Crippen LogP contribution in [-0.2, 0) is 18.9 Å².